The van der Waals surface area contributed by atoms with E-state index >= 15 is 0 Å². The number of nitrogens with one attached hydrogen (secondary N) is 2. The molecule has 0 saturated heterocycles. The molecule has 0 radical (unpaired) electrons. The molecular formula is C28H26FN5O3. The molecule has 5 rings (SSSR count). The van der Waals surface area contributed by atoms with Crippen molar-refractivity contribution in [2.75, 3.05) is 17.7 Å². The first-order valence-corrected chi connectivity index (χ1v) is 11.7. The van der Waals surface area contributed by atoms with Crippen molar-refractivity contribution in [2.45, 2.75) is 26.5 Å². The van der Waals surface area contributed by atoms with Crippen LogP contribution in [-0.4, -0.2) is 27.8 Å². The minimum absolute atomic E-state index is 0.0477. The standard InChI is InChI=1S/C28H26FN5O3/c1-17-8-4-7-11-22(17)33-27(35)25-18(2)32-28-30-16-31-34(28)26(25)19-12-13-23(24(14-19)36-3)37-15-20-9-5-6-10-21(20)29/h4-14,16,26H,15H2,1-3H3,(H,33,35)(H,30,31,32)/t26-/m1/s1. The number of hydrogen-bond donors (Lipinski definition) is 2. The lowest BCUT2D eigenvalue weighted by Crippen LogP contribution is -2.31. The van der Waals surface area contributed by atoms with Crippen LogP contribution in [0.15, 0.2) is 84.3 Å². The summed E-state index contributed by atoms with van der Waals surface area (Å²) in [7, 11) is 1.53. The molecule has 188 valence electrons. The van der Waals surface area contributed by atoms with E-state index < -0.39 is 6.04 Å². The third-order valence-electron chi connectivity index (χ3n) is 6.28. The first kappa shape index (κ1) is 24.1. The topological polar surface area (TPSA) is 90.3 Å². The molecule has 9 heteroatoms. The molecule has 3 aromatic carbocycles. The third-order valence-corrected chi connectivity index (χ3v) is 6.28. The van der Waals surface area contributed by atoms with Crippen molar-refractivity contribution in [3.8, 4) is 11.5 Å². The van der Waals surface area contributed by atoms with Crippen LogP contribution in [0.2, 0.25) is 0 Å². The van der Waals surface area contributed by atoms with E-state index in [9.17, 15) is 9.18 Å². The Morgan fingerprint density at radius 1 is 1.08 bits per heavy atom. The lowest BCUT2D eigenvalue weighted by Gasteiger charge is -2.29. The number of halogens is 1. The molecule has 1 aliphatic rings. The number of ether oxygens (including phenoxy) is 2. The van der Waals surface area contributed by atoms with Gasteiger partial charge in [0.05, 0.1) is 12.7 Å². The lowest BCUT2D eigenvalue weighted by molar-refractivity contribution is -0.113. The molecule has 8 nitrogen and oxygen atoms in total. The maximum atomic E-state index is 14.1. The van der Waals surface area contributed by atoms with Crippen molar-refractivity contribution in [1.82, 2.24) is 14.8 Å². The molecule has 37 heavy (non-hydrogen) atoms. The van der Waals surface area contributed by atoms with Gasteiger partial charge in [-0.2, -0.15) is 10.1 Å². The molecular weight excluding hydrogens is 473 g/mol. The predicted molar refractivity (Wildman–Crippen MR) is 138 cm³/mol. The van der Waals surface area contributed by atoms with Gasteiger partial charge in [-0.25, -0.2) is 9.07 Å². The minimum atomic E-state index is -0.572. The van der Waals surface area contributed by atoms with Crippen molar-refractivity contribution in [1.29, 1.82) is 0 Å². The van der Waals surface area contributed by atoms with E-state index in [1.807, 2.05) is 44.2 Å². The van der Waals surface area contributed by atoms with Gasteiger partial charge in [-0.3, -0.25) is 4.79 Å². The zero-order valence-electron chi connectivity index (χ0n) is 20.7. The predicted octanol–water partition coefficient (Wildman–Crippen LogP) is 5.24. The minimum Gasteiger partial charge on any atom is -0.493 e. The summed E-state index contributed by atoms with van der Waals surface area (Å²) in [6.45, 7) is 3.82. The summed E-state index contributed by atoms with van der Waals surface area (Å²) in [5.74, 6) is 0.828. The molecule has 2 heterocycles. The Hall–Kier alpha value is -4.66. The highest BCUT2D eigenvalue weighted by atomic mass is 19.1. The number of aryl methyl sites for hydroxylation is 1. The van der Waals surface area contributed by atoms with E-state index in [0.29, 0.717) is 34.3 Å². The number of methoxy groups -OCH3 is 1. The molecule has 0 aliphatic carbocycles. The van der Waals surface area contributed by atoms with Gasteiger partial charge >= 0.3 is 0 Å². The third kappa shape index (κ3) is 4.75. The Balaban J connectivity index is 1.49. The molecule has 0 bridgehead atoms. The van der Waals surface area contributed by atoms with Gasteiger partial charge in [-0.1, -0.05) is 42.5 Å². The van der Waals surface area contributed by atoms with E-state index in [2.05, 4.69) is 20.7 Å². The van der Waals surface area contributed by atoms with Gasteiger partial charge in [0.15, 0.2) is 11.5 Å². The summed E-state index contributed by atoms with van der Waals surface area (Å²) in [5.41, 5.74) is 4.02. The monoisotopic (exact) mass is 499 g/mol. The van der Waals surface area contributed by atoms with Crippen molar-refractivity contribution in [3.63, 3.8) is 0 Å². The molecule has 2 N–H and O–H groups in total. The maximum Gasteiger partial charge on any atom is 0.255 e. The zero-order valence-corrected chi connectivity index (χ0v) is 20.7. The molecule has 1 amide bonds. The van der Waals surface area contributed by atoms with Crippen molar-refractivity contribution in [3.05, 3.63) is 107 Å². The Kier molecular flexibility index (Phi) is 6.59. The van der Waals surface area contributed by atoms with Crippen LogP contribution < -0.4 is 20.1 Å². The molecule has 0 saturated carbocycles. The fourth-order valence-corrected chi connectivity index (χ4v) is 4.34. The molecule has 4 aromatic rings. The highest BCUT2D eigenvalue weighted by molar-refractivity contribution is 6.06. The Morgan fingerprint density at radius 2 is 1.86 bits per heavy atom. The lowest BCUT2D eigenvalue weighted by atomic mass is 9.94. The van der Waals surface area contributed by atoms with Gasteiger partial charge < -0.3 is 20.1 Å². The van der Waals surface area contributed by atoms with Crippen LogP contribution in [0.1, 0.15) is 29.7 Å². The highest BCUT2D eigenvalue weighted by Gasteiger charge is 2.34. The molecule has 1 aliphatic heterocycles. The van der Waals surface area contributed by atoms with Crippen LogP contribution in [0.25, 0.3) is 0 Å². The number of anilines is 2. The Labute approximate surface area is 213 Å². The van der Waals surface area contributed by atoms with E-state index in [1.165, 1.54) is 19.5 Å². The second kappa shape index (κ2) is 10.1. The number of amides is 1. The fourth-order valence-electron chi connectivity index (χ4n) is 4.34. The average Bonchev–Trinajstić information content (AvgIpc) is 3.36. The van der Waals surface area contributed by atoms with Crippen molar-refractivity contribution < 1.29 is 18.7 Å². The van der Waals surface area contributed by atoms with Gasteiger partial charge in [0, 0.05) is 16.9 Å². The molecule has 1 atom stereocenters. The number of carbonyl (C=O) groups excluding carboxylic acids is 1. The van der Waals surface area contributed by atoms with Gasteiger partial charge in [0.2, 0.25) is 5.95 Å². The second-order valence-corrected chi connectivity index (χ2v) is 8.65. The largest absolute Gasteiger partial charge is 0.493 e. The normalized spacial score (nSPS) is 14.5. The first-order chi connectivity index (χ1) is 18.0. The Bertz CT molecular complexity index is 1500. The van der Waals surface area contributed by atoms with Crippen LogP contribution in [0.4, 0.5) is 16.0 Å². The second-order valence-electron chi connectivity index (χ2n) is 8.65. The molecule has 0 unspecified atom stereocenters. The first-order valence-electron chi connectivity index (χ1n) is 11.7. The van der Waals surface area contributed by atoms with Crippen LogP contribution >= 0.6 is 0 Å². The van der Waals surface area contributed by atoms with Gasteiger partial charge in [0.25, 0.3) is 5.91 Å². The summed E-state index contributed by atoms with van der Waals surface area (Å²) in [6.07, 6.45) is 1.44. The number of benzene rings is 3. The van der Waals surface area contributed by atoms with Gasteiger partial charge in [-0.15, -0.1) is 0 Å². The number of para-hydroxylation sites is 1. The summed E-state index contributed by atoms with van der Waals surface area (Å²) >= 11 is 0. The number of allylic oxidation sites excluding steroid dienone is 1. The van der Waals surface area contributed by atoms with Gasteiger partial charge in [0.1, 0.15) is 24.8 Å². The quantitative estimate of drug-likeness (QED) is 0.361. The zero-order chi connectivity index (χ0) is 25.9. The van der Waals surface area contributed by atoms with E-state index in [4.69, 9.17) is 9.47 Å². The number of rotatable bonds is 7. The molecule has 0 spiro atoms. The van der Waals surface area contributed by atoms with Crippen LogP contribution in [-0.2, 0) is 11.4 Å². The van der Waals surface area contributed by atoms with Crippen molar-refractivity contribution >= 4 is 17.5 Å². The van der Waals surface area contributed by atoms with E-state index in [-0.39, 0.29) is 18.3 Å². The highest BCUT2D eigenvalue weighted by Crippen LogP contribution is 2.39. The van der Waals surface area contributed by atoms with Crippen LogP contribution in [0.3, 0.4) is 0 Å². The van der Waals surface area contributed by atoms with Crippen LogP contribution in [0, 0.1) is 12.7 Å². The van der Waals surface area contributed by atoms with Crippen LogP contribution in [0.5, 0.6) is 11.5 Å². The van der Waals surface area contributed by atoms with E-state index in [1.54, 1.807) is 35.0 Å². The average molecular weight is 500 g/mol. The fraction of sp³-hybridized carbons (Fsp3) is 0.179. The SMILES string of the molecule is COc1cc([C@@H]2C(C(=O)Nc3ccccc3C)=C(C)Nc3ncnn32)ccc1OCc1ccccc1F. The van der Waals surface area contributed by atoms with Crippen molar-refractivity contribution in [2.24, 2.45) is 0 Å². The number of aromatic nitrogens is 3. The maximum absolute atomic E-state index is 14.1. The number of nitrogens with zero attached hydrogens (tertiary/aromatic N) is 3. The summed E-state index contributed by atoms with van der Waals surface area (Å²) in [5, 5.41) is 10.6. The summed E-state index contributed by atoms with van der Waals surface area (Å²) < 4.78 is 27.2. The Morgan fingerprint density at radius 3 is 2.65 bits per heavy atom. The summed E-state index contributed by atoms with van der Waals surface area (Å²) in [4.78, 5) is 17.9. The number of hydrogen-bond acceptors (Lipinski definition) is 6. The van der Waals surface area contributed by atoms with E-state index in [0.717, 1.165) is 16.8 Å². The number of fused-ring (bicyclic) bond motifs is 1. The summed E-state index contributed by atoms with van der Waals surface area (Å²) in [6, 6.07) is 18.9. The number of carbonyl (C=O) groups is 1. The molecule has 1 aromatic heterocycles. The van der Waals surface area contributed by atoms with Gasteiger partial charge in [-0.05, 0) is 49.2 Å². The molecule has 0 fully saturated rings. The smallest absolute Gasteiger partial charge is 0.255 e.